The minimum absolute atomic E-state index is 0.112. The van der Waals surface area contributed by atoms with E-state index in [1.165, 1.54) is 22.5 Å². The van der Waals surface area contributed by atoms with Crippen molar-refractivity contribution in [3.63, 3.8) is 0 Å². The van der Waals surface area contributed by atoms with E-state index in [0.29, 0.717) is 5.57 Å². The zero-order valence-electron chi connectivity index (χ0n) is 16.9. The zero-order valence-corrected chi connectivity index (χ0v) is 17.9. The average molecular weight is 387 g/mol. The molecule has 2 aromatic carbocycles. The molecule has 1 atom stereocenters. The van der Waals surface area contributed by atoms with E-state index in [9.17, 15) is 9.90 Å². The van der Waals surface area contributed by atoms with Crippen molar-refractivity contribution in [2.75, 3.05) is 0 Å². The summed E-state index contributed by atoms with van der Waals surface area (Å²) in [5.41, 5.74) is 2.81. The first kappa shape index (κ1) is 20.1. The van der Waals surface area contributed by atoms with Crippen LogP contribution >= 0.6 is 0 Å². The number of aliphatic hydroxyl groups is 1. The minimum Gasteiger partial charge on any atom is -0.382 e. The van der Waals surface area contributed by atoms with Gasteiger partial charge in [-0.1, -0.05) is 87.4 Å². The van der Waals surface area contributed by atoms with Gasteiger partial charge < -0.3 is 5.11 Å². The summed E-state index contributed by atoms with van der Waals surface area (Å²) in [5.74, 6) is 3.03. The summed E-state index contributed by atoms with van der Waals surface area (Å²) in [6.07, 6.45) is 4.47. The Labute approximate surface area is 168 Å². The van der Waals surface area contributed by atoms with E-state index in [4.69, 9.17) is 0 Å². The maximum Gasteiger partial charge on any atom is 0.204 e. The summed E-state index contributed by atoms with van der Waals surface area (Å²) >= 11 is 0. The maximum atomic E-state index is 12.4. The third-order valence-corrected chi connectivity index (χ3v) is 10.3. The Kier molecular flexibility index (Phi) is 5.30. The van der Waals surface area contributed by atoms with Crippen LogP contribution in [0.4, 0.5) is 0 Å². The molecule has 0 saturated heterocycles. The van der Waals surface area contributed by atoms with Crippen molar-refractivity contribution in [2.24, 2.45) is 0 Å². The maximum absolute atomic E-state index is 12.4. The molecular formula is C25H26O2Si. The molecular weight excluding hydrogens is 360 g/mol. The molecule has 0 fully saturated rings. The molecule has 0 spiro atoms. The lowest BCUT2D eigenvalue weighted by atomic mass is 9.94. The third-order valence-electron chi connectivity index (χ3n) is 5.20. The van der Waals surface area contributed by atoms with Crippen molar-refractivity contribution in [2.45, 2.75) is 38.3 Å². The van der Waals surface area contributed by atoms with Gasteiger partial charge in [0.1, 0.15) is 5.60 Å². The number of rotatable bonds is 2. The van der Waals surface area contributed by atoms with Gasteiger partial charge in [-0.25, -0.2) is 0 Å². The van der Waals surface area contributed by atoms with Gasteiger partial charge in [0.05, 0.1) is 5.57 Å². The fourth-order valence-corrected chi connectivity index (χ4v) is 8.18. The Morgan fingerprint density at radius 1 is 0.929 bits per heavy atom. The standard InChI is InChI=1S/C25H26O2Si/c1-24(2,3)28(21-11-7-5-8-12-21,22-13-9-6-10-14-22)18-16-20-19-25(4,27)17-15-23(20)26/h5-15,17,19,27H,1-4H3/t25-/m1/s1. The fraction of sp³-hybridized carbons (Fsp3) is 0.240. The van der Waals surface area contributed by atoms with Crippen molar-refractivity contribution < 1.29 is 9.90 Å². The van der Waals surface area contributed by atoms with Crippen LogP contribution in [0.25, 0.3) is 0 Å². The first-order chi connectivity index (χ1) is 13.2. The van der Waals surface area contributed by atoms with Gasteiger partial charge in [-0.3, -0.25) is 4.79 Å². The highest BCUT2D eigenvalue weighted by Crippen LogP contribution is 2.35. The van der Waals surface area contributed by atoms with E-state index >= 15 is 0 Å². The molecule has 142 valence electrons. The molecule has 0 aromatic heterocycles. The molecule has 3 rings (SSSR count). The molecule has 0 bridgehead atoms. The van der Waals surface area contributed by atoms with Crippen LogP contribution in [0.5, 0.6) is 0 Å². The summed E-state index contributed by atoms with van der Waals surface area (Å²) in [7, 11) is -2.57. The zero-order chi connectivity index (χ0) is 20.4. The van der Waals surface area contributed by atoms with Crippen LogP contribution in [0.15, 0.2) is 84.5 Å². The number of ketones is 1. The molecule has 1 aliphatic carbocycles. The molecule has 2 nitrogen and oxygen atoms in total. The van der Waals surface area contributed by atoms with E-state index in [2.05, 4.69) is 56.5 Å². The number of benzene rings is 2. The van der Waals surface area contributed by atoms with Crippen LogP contribution in [0.3, 0.4) is 0 Å². The molecule has 2 aromatic rings. The number of hydrogen-bond donors (Lipinski definition) is 1. The van der Waals surface area contributed by atoms with E-state index in [-0.39, 0.29) is 10.8 Å². The molecule has 1 aliphatic rings. The van der Waals surface area contributed by atoms with E-state index in [0.717, 1.165) is 0 Å². The van der Waals surface area contributed by atoms with Gasteiger partial charge in [-0.05, 0) is 40.6 Å². The van der Waals surface area contributed by atoms with Crippen LogP contribution in [0, 0.1) is 11.5 Å². The van der Waals surface area contributed by atoms with Crippen LogP contribution in [-0.4, -0.2) is 24.6 Å². The molecule has 0 radical (unpaired) electrons. The Morgan fingerprint density at radius 3 is 1.89 bits per heavy atom. The fourth-order valence-electron chi connectivity index (χ4n) is 3.75. The molecule has 28 heavy (non-hydrogen) atoms. The summed E-state index contributed by atoms with van der Waals surface area (Å²) in [4.78, 5) is 12.4. The Hall–Kier alpha value is -2.67. The van der Waals surface area contributed by atoms with Gasteiger partial charge >= 0.3 is 0 Å². The monoisotopic (exact) mass is 386 g/mol. The van der Waals surface area contributed by atoms with Gasteiger partial charge in [0.25, 0.3) is 0 Å². The molecule has 1 N–H and O–H groups in total. The number of carbonyl (C=O) groups is 1. The highest BCUT2D eigenvalue weighted by molar-refractivity contribution is 7.10. The molecule has 0 aliphatic heterocycles. The van der Waals surface area contributed by atoms with Gasteiger partial charge in [-0.2, -0.15) is 0 Å². The van der Waals surface area contributed by atoms with Crippen molar-refractivity contribution in [1.29, 1.82) is 0 Å². The second kappa shape index (κ2) is 7.39. The van der Waals surface area contributed by atoms with E-state index in [1.54, 1.807) is 13.0 Å². The van der Waals surface area contributed by atoms with Crippen molar-refractivity contribution in [3.05, 3.63) is 84.5 Å². The molecule has 3 heteroatoms. The number of allylic oxidation sites excluding steroid dienone is 2. The van der Waals surface area contributed by atoms with Crippen molar-refractivity contribution >= 4 is 24.2 Å². The third kappa shape index (κ3) is 3.80. The molecule has 0 saturated carbocycles. The van der Waals surface area contributed by atoms with Crippen molar-refractivity contribution in [1.82, 2.24) is 0 Å². The summed E-state index contributed by atoms with van der Waals surface area (Å²) < 4.78 is 0. The van der Waals surface area contributed by atoms with Crippen LogP contribution < -0.4 is 10.4 Å². The van der Waals surface area contributed by atoms with Gasteiger partial charge in [0.15, 0.2) is 5.78 Å². The number of carbonyl (C=O) groups excluding carboxylic acids is 1. The van der Waals surface area contributed by atoms with Crippen LogP contribution in [0.1, 0.15) is 27.7 Å². The number of hydrogen-bond acceptors (Lipinski definition) is 2. The van der Waals surface area contributed by atoms with Crippen LogP contribution in [0.2, 0.25) is 5.04 Å². The second-order valence-electron chi connectivity index (χ2n) is 8.46. The predicted octanol–water partition coefficient (Wildman–Crippen LogP) is 3.41. The van der Waals surface area contributed by atoms with Crippen molar-refractivity contribution in [3.8, 4) is 11.5 Å². The first-order valence-electron chi connectivity index (χ1n) is 9.49. The normalized spacial score (nSPS) is 19.6. The SMILES string of the molecule is CC(C)(C)[Si](C#CC1=C[C@](C)(O)C=CC1=O)(c1ccccc1)c1ccccc1. The Morgan fingerprint density at radius 2 is 1.43 bits per heavy atom. The van der Waals surface area contributed by atoms with Gasteiger partial charge in [-0.15, -0.1) is 5.54 Å². The highest BCUT2D eigenvalue weighted by Gasteiger charge is 2.47. The lowest BCUT2D eigenvalue weighted by Gasteiger charge is -2.39. The van der Waals surface area contributed by atoms with E-state index in [1.807, 2.05) is 36.4 Å². The molecule has 0 amide bonds. The van der Waals surface area contributed by atoms with Gasteiger partial charge in [0.2, 0.25) is 8.07 Å². The Balaban J connectivity index is 2.27. The summed E-state index contributed by atoms with van der Waals surface area (Å²) in [6.45, 7) is 8.32. The largest absolute Gasteiger partial charge is 0.382 e. The average Bonchev–Trinajstić information content (AvgIpc) is 2.65. The summed E-state index contributed by atoms with van der Waals surface area (Å²) in [6, 6.07) is 20.8. The van der Waals surface area contributed by atoms with Crippen LogP contribution in [-0.2, 0) is 4.79 Å². The predicted molar refractivity (Wildman–Crippen MR) is 118 cm³/mol. The smallest absolute Gasteiger partial charge is 0.204 e. The minimum atomic E-state index is -2.57. The molecule has 0 unspecified atom stereocenters. The highest BCUT2D eigenvalue weighted by atomic mass is 28.3. The lowest BCUT2D eigenvalue weighted by molar-refractivity contribution is -0.111. The quantitative estimate of drug-likeness (QED) is 0.634. The lowest BCUT2D eigenvalue weighted by Crippen LogP contribution is -2.63. The Bertz CT molecular complexity index is 942. The molecule has 0 heterocycles. The topological polar surface area (TPSA) is 37.3 Å². The summed E-state index contributed by atoms with van der Waals surface area (Å²) in [5, 5.41) is 12.6. The second-order valence-corrected chi connectivity index (χ2v) is 12.9. The first-order valence-corrected chi connectivity index (χ1v) is 11.5. The van der Waals surface area contributed by atoms with Gasteiger partial charge in [0, 0.05) is 0 Å². The van der Waals surface area contributed by atoms with E-state index < -0.39 is 13.7 Å².